The van der Waals surface area contributed by atoms with Crippen molar-refractivity contribution in [1.29, 1.82) is 0 Å². The topological polar surface area (TPSA) is 22.4 Å². The van der Waals surface area contributed by atoms with Gasteiger partial charge >= 0.3 is 0 Å². The van der Waals surface area contributed by atoms with E-state index in [0.29, 0.717) is 0 Å². The molecule has 2 nitrogen and oxygen atoms in total. The molecule has 0 spiro atoms. The van der Waals surface area contributed by atoms with E-state index in [1.165, 1.54) is 24.0 Å². The van der Waals surface area contributed by atoms with Gasteiger partial charge in [0.05, 0.1) is 19.1 Å². The summed E-state index contributed by atoms with van der Waals surface area (Å²) < 4.78 is 10.7. The van der Waals surface area contributed by atoms with E-state index in [4.69, 9.17) is 9.15 Å². The van der Waals surface area contributed by atoms with Crippen molar-refractivity contribution in [3.8, 4) is 0 Å². The van der Waals surface area contributed by atoms with Crippen molar-refractivity contribution >= 4 is 0 Å². The lowest BCUT2D eigenvalue weighted by atomic mass is 10.1. The average molecular weight is 244 g/mol. The van der Waals surface area contributed by atoms with Crippen molar-refractivity contribution in [2.24, 2.45) is 0 Å². The fraction of sp³-hybridized carbons (Fsp3) is 0.375. The second-order valence-electron chi connectivity index (χ2n) is 4.48. The van der Waals surface area contributed by atoms with Crippen molar-refractivity contribution in [1.82, 2.24) is 0 Å². The van der Waals surface area contributed by atoms with E-state index in [0.717, 1.165) is 26.1 Å². The number of benzene rings is 1. The van der Waals surface area contributed by atoms with Crippen molar-refractivity contribution < 1.29 is 9.15 Å². The van der Waals surface area contributed by atoms with E-state index in [9.17, 15) is 0 Å². The van der Waals surface area contributed by atoms with Gasteiger partial charge in [0.25, 0.3) is 0 Å². The molecule has 96 valence electrons. The van der Waals surface area contributed by atoms with Gasteiger partial charge in [0, 0.05) is 6.61 Å². The molecule has 0 aliphatic carbocycles. The summed E-state index contributed by atoms with van der Waals surface area (Å²) in [5.74, 6) is 0. The molecule has 0 unspecified atom stereocenters. The zero-order valence-electron chi connectivity index (χ0n) is 10.7. The summed E-state index contributed by atoms with van der Waals surface area (Å²) in [5.41, 5.74) is 2.54. The van der Waals surface area contributed by atoms with E-state index in [1.54, 1.807) is 6.26 Å². The van der Waals surface area contributed by atoms with Crippen LogP contribution in [-0.2, 0) is 17.8 Å². The summed E-state index contributed by atoms with van der Waals surface area (Å²) in [7, 11) is 0. The minimum Gasteiger partial charge on any atom is -0.472 e. The minimum absolute atomic E-state index is 0.725. The number of ether oxygens (including phenoxy) is 1. The van der Waals surface area contributed by atoms with Gasteiger partial charge in [0.15, 0.2) is 0 Å². The Morgan fingerprint density at radius 2 is 1.78 bits per heavy atom. The van der Waals surface area contributed by atoms with Gasteiger partial charge in [-0.05, 0) is 36.5 Å². The van der Waals surface area contributed by atoms with Gasteiger partial charge in [-0.3, -0.25) is 0 Å². The Kier molecular flexibility index (Phi) is 5.54. The number of rotatable bonds is 8. The normalized spacial score (nSPS) is 10.7. The van der Waals surface area contributed by atoms with Gasteiger partial charge in [-0.1, -0.05) is 36.8 Å². The van der Waals surface area contributed by atoms with Gasteiger partial charge in [-0.2, -0.15) is 0 Å². The molecule has 0 radical (unpaired) electrons. The molecule has 0 amide bonds. The SMILES string of the molecule is c1ccc(COCCCCCc2ccoc2)cc1. The predicted molar refractivity (Wildman–Crippen MR) is 72.4 cm³/mol. The summed E-state index contributed by atoms with van der Waals surface area (Å²) in [6, 6.07) is 12.3. The van der Waals surface area contributed by atoms with Crippen LogP contribution < -0.4 is 0 Å². The lowest BCUT2D eigenvalue weighted by molar-refractivity contribution is 0.117. The van der Waals surface area contributed by atoms with Crippen molar-refractivity contribution in [2.45, 2.75) is 32.3 Å². The monoisotopic (exact) mass is 244 g/mol. The standard InChI is InChI=1S/C16H20O2/c1-3-7-15(8-4-1)13-17-11-6-2-5-9-16-10-12-18-14-16/h1,3-4,7-8,10,12,14H,2,5-6,9,11,13H2. The molecular formula is C16H20O2. The molecule has 0 aliphatic heterocycles. The molecule has 1 heterocycles. The maximum absolute atomic E-state index is 5.64. The first-order valence-electron chi connectivity index (χ1n) is 6.58. The molecular weight excluding hydrogens is 224 g/mol. The van der Waals surface area contributed by atoms with Crippen LogP contribution in [0.5, 0.6) is 0 Å². The summed E-state index contributed by atoms with van der Waals surface area (Å²) in [4.78, 5) is 0. The van der Waals surface area contributed by atoms with Crippen LogP contribution in [0.1, 0.15) is 30.4 Å². The van der Waals surface area contributed by atoms with Crippen LogP contribution in [0.3, 0.4) is 0 Å². The van der Waals surface area contributed by atoms with Crippen molar-refractivity contribution in [3.05, 3.63) is 60.1 Å². The summed E-state index contributed by atoms with van der Waals surface area (Å²) in [6.07, 6.45) is 8.21. The molecule has 1 aromatic carbocycles. The maximum atomic E-state index is 5.64. The van der Waals surface area contributed by atoms with Gasteiger partial charge in [-0.15, -0.1) is 0 Å². The third-order valence-corrected chi connectivity index (χ3v) is 2.95. The number of furan rings is 1. The number of hydrogen-bond acceptors (Lipinski definition) is 2. The highest BCUT2D eigenvalue weighted by atomic mass is 16.5. The summed E-state index contributed by atoms with van der Waals surface area (Å²) in [6.45, 7) is 1.57. The third kappa shape index (κ3) is 4.76. The molecule has 1 aromatic heterocycles. The van der Waals surface area contributed by atoms with E-state index in [-0.39, 0.29) is 0 Å². The second-order valence-corrected chi connectivity index (χ2v) is 4.48. The Morgan fingerprint density at radius 3 is 2.56 bits per heavy atom. The molecule has 18 heavy (non-hydrogen) atoms. The van der Waals surface area contributed by atoms with Crippen LogP contribution >= 0.6 is 0 Å². The van der Waals surface area contributed by atoms with Crippen LogP contribution in [0.4, 0.5) is 0 Å². The predicted octanol–water partition coefficient (Wildman–Crippen LogP) is 4.21. The second kappa shape index (κ2) is 7.72. The lowest BCUT2D eigenvalue weighted by Crippen LogP contribution is -1.95. The molecule has 2 aromatic rings. The summed E-state index contributed by atoms with van der Waals surface area (Å²) >= 11 is 0. The first-order chi connectivity index (χ1) is 8.95. The Labute approximate surface area is 109 Å². The number of hydrogen-bond donors (Lipinski definition) is 0. The molecule has 0 aliphatic rings. The molecule has 0 saturated heterocycles. The highest BCUT2D eigenvalue weighted by Gasteiger charge is 1.95. The molecule has 0 N–H and O–H groups in total. The molecule has 0 atom stereocenters. The van der Waals surface area contributed by atoms with Crippen LogP contribution in [0, 0.1) is 0 Å². The van der Waals surface area contributed by atoms with Crippen molar-refractivity contribution in [3.63, 3.8) is 0 Å². The first-order valence-corrected chi connectivity index (χ1v) is 6.58. The third-order valence-electron chi connectivity index (χ3n) is 2.95. The number of unbranched alkanes of at least 4 members (excludes halogenated alkanes) is 2. The minimum atomic E-state index is 0.725. The zero-order valence-corrected chi connectivity index (χ0v) is 10.7. The van der Waals surface area contributed by atoms with Crippen LogP contribution in [0.15, 0.2) is 53.3 Å². The van der Waals surface area contributed by atoms with Crippen LogP contribution in [0.25, 0.3) is 0 Å². The Morgan fingerprint density at radius 1 is 0.889 bits per heavy atom. The summed E-state index contributed by atoms with van der Waals surface area (Å²) in [5, 5.41) is 0. The molecule has 0 fully saturated rings. The molecule has 0 saturated carbocycles. The Balaban J connectivity index is 1.47. The van der Waals surface area contributed by atoms with E-state index < -0.39 is 0 Å². The van der Waals surface area contributed by atoms with E-state index >= 15 is 0 Å². The quantitative estimate of drug-likeness (QED) is 0.649. The highest BCUT2D eigenvalue weighted by molar-refractivity contribution is 5.13. The smallest absolute Gasteiger partial charge is 0.0934 e. The fourth-order valence-corrected chi connectivity index (χ4v) is 1.91. The molecule has 0 bridgehead atoms. The number of aryl methyl sites for hydroxylation is 1. The van der Waals surface area contributed by atoms with Gasteiger partial charge < -0.3 is 9.15 Å². The largest absolute Gasteiger partial charge is 0.472 e. The Bertz CT molecular complexity index is 406. The van der Waals surface area contributed by atoms with Gasteiger partial charge in [-0.25, -0.2) is 0 Å². The van der Waals surface area contributed by atoms with E-state index in [1.807, 2.05) is 30.5 Å². The molecule has 2 rings (SSSR count). The first kappa shape index (κ1) is 12.9. The fourth-order valence-electron chi connectivity index (χ4n) is 1.91. The average Bonchev–Trinajstić information content (AvgIpc) is 2.92. The van der Waals surface area contributed by atoms with Crippen LogP contribution in [0.2, 0.25) is 0 Å². The van der Waals surface area contributed by atoms with E-state index in [2.05, 4.69) is 12.1 Å². The molecule has 2 heteroatoms. The lowest BCUT2D eigenvalue weighted by Gasteiger charge is -2.04. The highest BCUT2D eigenvalue weighted by Crippen LogP contribution is 2.07. The van der Waals surface area contributed by atoms with Crippen LogP contribution in [-0.4, -0.2) is 6.61 Å². The maximum Gasteiger partial charge on any atom is 0.0934 e. The van der Waals surface area contributed by atoms with Gasteiger partial charge in [0.2, 0.25) is 0 Å². The zero-order chi connectivity index (χ0) is 12.5. The van der Waals surface area contributed by atoms with Crippen molar-refractivity contribution in [2.75, 3.05) is 6.61 Å². The van der Waals surface area contributed by atoms with Gasteiger partial charge in [0.1, 0.15) is 0 Å². The Hall–Kier alpha value is -1.54.